The lowest BCUT2D eigenvalue weighted by Crippen LogP contribution is -2.34. The zero-order valence-corrected chi connectivity index (χ0v) is 11.6. The number of nitrogens with one attached hydrogen (secondary N) is 1. The Hall–Kier alpha value is -1.62. The number of aromatic amines is 1. The number of hydrogen-bond acceptors (Lipinski definition) is 3. The van der Waals surface area contributed by atoms with Gasteiger partial charge in [0.2, 0.25) is 0 Å². The number of nitrogens with zero attached hydrogens (tertiary/aromatic N) is 4. The van der Waals surface area contributed by atoms with Crippen molar-refractivity contribution in [2.75, 3.05) is 6.54 Å². The Balaban J connectivity index is 1.82. The van der Waals surface area contributed by atoms with E-state index in [0.29, 0.717) is 6.04 Å². The summed E-state index contributed by atoms with van der Waals surface area (Å²) in [6.07, 6.45) is 9.54. The molecule has 3 heterocycles. The number of piperidine rings is 1. The number of H-pyrrole nitrogens is 1. The fraction of sp³-hybridized carbons (Fsp3) is 0.571. The number of aromatic nitrogens is 4. The topological polar surface area (TPSA) is 49.7 Å². The maximum Gasteiger partial charge on any atom is 0.0945 e. The fourth-order valence-corrected chi connectivity index (χ4v) is 2.95. The van der Waals surface area contributed by atoms with Crippen LogP contribution in [0.1, 0.15) is 42.3 Å². The smallest absolute Gasteiger partial charge is 0.0945 e. The van der Waals surface area contributed by atoms with E-state index in [0.717, 1.165) is 13.1 Å². The van der Waals surface area contributed by atoms with Crippen LogP contribution in [0, 0.1) is 6.92 Å². The summed E-state index contributed by atoms with van der Waals surface area (Å²) >= 11 is 0. The van der Waals surface area contributed by atoms with Crippen molar-refractivity contribution in [1.82, 2.24) is 24.6 Å². The van der Waals surface area contributed by atoms with Gasteiger partial charge in [0.25, 0.3) is 0 Å². The van der Waals surface area contributed by atoms with Gasteiger partial charge in [0, 0.05) is 19.8 Å². The molecule has 1 aliphatic heterocycles. The highest BCUT2D eigenvalue weighted by Crippen LogP contribution is 2.32. The minimum atomic E-state index is 0.464. The van der Waals surface area contributed by atoms with Crippen molar-refractivity contribution < 1.29 is 0 Å². The van der Waals surface area contributed by atoms with Crippen molar-refractivity contribution in [3.05, 3.63) is 35.7 Å². The third-order valence-corrected chi connectivity index (χ3v) is 4.10. The molecule has 0 bridgehead atoms. The average Bonchev–Trinajstić information content (AvgIpc) is 3.00. The van der Waals surface area contributed by atoms with Crippen molar-refractivity contribution in [3.8, 4) is 0 Å². The van der Waals surface area contributed by atoms with Crippen molar-refractivity contribution in [2.24, 2.45) is 7.05 Å². The highest BCUT2D eigenvalue weighted by molar-refractivity contribution is 5.19. The van der Waals surface area contributed by atoms with E-state index >= 15 is 0 Å². The van der Waals surface area contributed by atoms with Gasteiger partial charge in [-0.1, -0.05) is 6.42 Å². The monoisotopic (exact) mass is 259 g/mol. The molecule has 0 saturated carbocycles. The van der Waals surface area contributed by atoms with Gasteiger partial charge >= 0.3 is 0 Å². The first kappa shape index (κ1) is 12.4. The van der Waals surface area contributed by atoms with Crippen molar-refractivity contribution in [3.63, 3.8) is 0 Å². The molecular formula is C14H21N5. The second-order valence-corrected chi connectivity index (χ2v) is 5.44. The summed E-state index contributed by atoms with van der Waals surface area (Å²) in [6, 6.07) is 0.464. The van der Waals surface area contributed by atoms with Gasteiger partial charge in [0.1, 0.15) is 0 Å². The molecule has 2 aromatic rings. The van der Waals surface area contributed by atoms with Crippen LogP contribution in [0.15, 0.2) is 18.7 Å². The molecule has 5 heteroatoms. The molecule has 19 heavy (non-hydrogen) atoms. The summed E-state index contributed by atoms with van der Waals surface area (Å²) in [4.78, 5) is 6.75. The molecule has 5 nitrogen and oxygen atoms in total. The quantitative estimate of drug-likeness (QED) is 0.919. The number of aryl methyl sites for hydroxylation is 2. The SMILES string of the molecule is Cc1cn[nH]c1C1CCCCN1Cc1cncn1C. The van der Waals surface area contributed by atoms with E-state index in [1.165, 1.54) is 36.2 Å². The van der Waals surface area contributed by atoms with Crippen LogP contribution in [-0.4, -0.2) is 31.2 Å². The van der Waals surface area contributed by atoms with E-state index in [1.807, 2.05) is 18.7 Å². The lowest BCUT2D eigenvalue weighted by molar-refractivity contribution is 0.134. The van der Waals surface area contributed by atoms with Crippen LogP contribution in [-0.2, 0) is 13.6 Å². The van der Waals surface area contributed by atoms with Crippen LogP contribution in [0.25, 0.3) is 0 Å². The Morgan fingerprint density at radius 2 is 2.26 bits per heavy atom. The molecule has 102 valence electrons. The van der Waals surface area contributed by atoms with Crippen molar-refractivity contribution in [2.45, 2.75) is 38.8 Å². The zero-order chi connectivity index (χ0) is 13.2. The Kier molecular flexibility index (Phi) is 3.38. The normalized spacial score (nSPS) is 20.8. The van der Waals surface area contributed by atoms with Gasteiger partial charge in [-0.25, -0.2) is 4.98 Å². The summed E-state index contributed by atoms with van der Waals surface area (Å²) in [7, 11) is 2.06. The molecule has 1 saturated heterocycles. The third-order valence-electron chi connectivity index (χ3n) is 4.10. The summed E-state index contributed by atoms with van der Waals surface area (Å²) in [5.74, 6) is 0. The first-order valence-corrected chi connectivity index (χ1v) is 6.95. The standard InChI is InChI=1S/C14H21N5/c1-11-7-16-17-14(11)13-5-3-4-6-19(13)9-12-8-15-10-18(12)2/h7-8,10,13H,3-6,9H2,1-2H3,(H,16,17). The third kappa shape index (κ3) is 2.42. The van der Waals surface area contributed by atoms with Gasteiger partial charge < -0.3 is 4.57 Å². The maximum absolute atomic E-state index is 4.21. The minimum Gasteiger partial charge on any atom is -0.337 e. The second kappa shape index (κ2) is 5.17. The van der Waals surface area contributed by atoms with E-state index in [4.69, 9.17) is 0 Å². The van der Waals surface area contributed by atoms with Crippen LogP contribution in [0.5, 0.6) is 0 Å². The van der Waals surface area contributed by atoms with E-state index in [-0.39, 0.29) is 0 Å². The van der Waals surface area contributed by atoms with Crippen LogP contribution in [0.2, 0.25) is 0 Å². The number of likely N-dealkylation sites (tertiary alicyclic amines) is 1. The molecular weight excluding hydrogens is 238 g/mol. The van der Waals surface area contributed by atoms with Crippen LogP contribution in [0.4, 0.5) is 0 Å². The number of imidazole rings is 1. The summed E-state index contributed by atoms with van der Waals surface area (Å²) < 4.78 is 2.10. The van der Waals surface area contributed by atoms with E-state index in [1.54, 1.807) is 0 Å². The summed E-state index contributed by atoms with van der Waals surface area (Å²) in [6.45, 7) is 4.24. The Morgan fingerprint density at radius 3 is 2.95 bits per heavy atom. The molecule has 1 N–H and O–H groups in total. The molecule has 0 aromatic carbocycles. The van der Waals surface area contributed by atoms with Gasteiger partial charge in [0.05, 0.1) is 30.0 Å². The molecule has 0 amide bonds. The molecule has 1 aliphatic rings. The van der Waals surface area contributed by atoms with Gasteiger partial charge in [-0.2, -0.15) is 5.10 Å². The molecule has 0 radical (unpaired) electrons. The predicted molar refractivity (Wildman–Crippen MR) is 73.5 cm³/mol. The minimum absolute atomic E-state index is 0.464. The molecule has 1 atom stereocenters. The van der Waals surface area contributed by atoms with Gasteiger partial charge in [-0.05, 0) is 31.9 Å². The highest BCUT2D eigenvalue weighted by Gasteiger charge is 2.26. The largest absolute Gasteiger partial charge is 0.337 e. The molecule has 0 aliphatic carbocycles. The Labute approximate surface area is 113 Å². The molecule has 1 fully saturated rings. The molecule has 0 spiro atoms. The molecule has 1 unspecified atom stereocenters. The van der Waals surface area contributed by atoms with Gasteiger partial charge in [-0.15, -0.1) is 0 Å². The van der Waals surface area contributed by atoms with E-state index in [9.17, 15) is 0 Å². The lowest BCUT2D eigenvalue weighted by atomic mass is 9.97. The number of hydrogen-bond donors (Lipinski definition) is 1. The second-order valence-electron chi connectivity index (χ2n) is 5.44. The van der Waals surface area contributed by atoms with E-state index < -0.39 is 0 Å². The van der Waals surface area contributed by atoms with Crippen molar-refractivity contribution >= 4 is 0 Å². The van der Waals surface area contributed by atoms with Gasteiger partial charge in [0.15, 0.2) is 0 Å². The first-order chi connectivity index (χ1) is 9.25. The zero-order valence-electron chi connectivity index (χ0n) is 11.6. The predicted octanol–water partition coefficient (Wildman–Crippen LogP) is 2.18. The summed E-state index contributed by atoms with van der Waals surface area (Å²) in [5, 5.41) is 7.36. The van der Waals surface area contributed by atoms with Crippen LogP contribution < -0.4 is 0 Å². The van der Waals surface area contributed by atoms with Crippen LogP contribution >= 0.6 is 0 Å². The number of rotatable bonds is 3. The first-order valence-electron chi connectivity index (χ1n) is 6.95. The van der Waals surface area contributed by atoms with E-state index in [2.05, 4.69) is 38.6 Å². The lowest BCUT2D eigenvalue weighted by Gasteiger charge is -2.35. The Bertz CT molecular complexity index is 542. The fourth-order valence-electron chi connectivity index (χ4n) is 2.95. The van der Waals surface area contributed by atoms with Crippen molar-refractivity contribution in [1.29, 1.82) is 0 Å². The highest BCUT2D eigenvalue weighted by atomic mass is 15.2. The van der Waals surface area contributed by atoms with Gasteiger partial charge in [-0.3, -0.25) is 10.00 Å². The molecule has 3 rings (SSSR count). The molecule has 2 aromatic heterocycles. The maximum atomic E-state index is 4.21. The average molecular weight is 259 g/mol. The Morgan fingerprint density at radius 1 is 1.37 bits per heavy atom. The summed E-state index contributed by atoms with van der Waals surface area (Å²) in [5.41, 5.74) is 3.81. The van der Waals surface area contributed by atoms with Crippen LogP contribution in [0.3, 0.4) is 0 Å².